The minimum absolute atomic E-state index is 0.0294. The fraction of sp³-hybridized carbons (Fsp3) is 0.321. The summed E-state index contributed by atoms with van der Waals surface area (Å²) < 4.78 is 33.0. The molecule has 0 spiro atoms. The van der Waals surface area contributed by atoms with Crippen LogP contribution in [-0.4, -0.2) is 31.5 Å². The van der Waals surface area contributed by atoms with Crippen LogP contribution in [0.25, 0.3) is 0 Å². The van der Waals surface area contributed by atoms with Gasteiger partial charge in [0.2, 0.25) is 15.7 Å². The molecule has 0 saturated heterocycles. The third-order valence-corrected chi connectivity index (χ3v) is 7.70. The number of ether oxygens (including phenoxy) is 1. The number of hydrogen-bond donors (Lipinski definition) is 1. The van der Waals surface area contributed by atoms with Crippen LogP contribution in [0.3, 0.4) is 0 Å². The topological polar surface area (TPSA) is 112 Å². The summed E-state index contributed by atoms with van der Waals surface area (Å²) in [6.07, 6.45) is 0.817. The van der Waals surface area contributed by atoms with Crippen LogP contribution in [0, 0.1) is 19.8 Å². The average Bonchev–Trinajstić information content (AvgIpc) is 2.82. The maximum Gasteiger partial charge on any atom is 0.338 e. The lowest BCUT2D eigenvalue weighted by atomic mass is 10.0. The van der Waals surface area contributed by atoms with Crippen molar-refractivity contribution in [1.82, 2.24) is 4.57 Å². The highest BCUT2D eigenvalue weighted by molar-refractivity contribution is 7.91. The number of sulfone groups is 1. The molecule has 0 bridgehead atoms. The molecule has 0 unspecified atom stereocenters. The van der Waals surface area contributed by atoms with Gasteiger partial charge in [0.05, 0.1) is 17.1 Å². The number of pyridine rings is 1. The Morgan fingerprint density at radius 3 is 2.19 bits per heavy atom. The van der Waals surface area contributed by atoms with Crippen molar-refractivity contribution in [2.75, 3.05) is 11.9 Å². The van der Waals surface area contributed by atoms with Crippen molar-refractivity contribution in [3.63, 3.8) is 0 Å². The van der Waals surface area contributed by atoms with E-state index in [0.29, 0.717) is 28.4 Å². The highest BCUT2D eigenvalue weighted by Crippen LogP contribution is 2.23. The van der Waals surface area contributed by atoms with Gasteiger partial charge in [-0.2, -0.15) is 0 Å². The van der Waals surface area contributed by atoms with Crippen LogP contribution < -0.4 is 10.9 Å². The van der Waals surface area contributed by atoms with Crippen LogP contribution in [0.5, 0.6) is 0 Å². The smallest absolute Gasteiger partial charge is 0.338 e. The van der Waals surface area contributed by atoms with Gasteiger partial charge in [0.25, 0.3) is 5.56 Å². The zero-order valence-electron chi connectivity index (χ0n) is 21.7. The van der Waals surface area contributed by atoms with E-state index in [1.165, 1.54) is 24.3 Å². The number of benzene rings is 2. The Labute approximate surface area is 217 Å². The van der Waals surface area contributed by atoms with E-state index in [9.17, 15) is 22.8 Å². The number of esters is 1. The van der Waals surface area contributed by atoms with Gasteiger partial charge < -0.3 is 14.6 Å². The highest BCUT2D eigenvalue weighted by Gasteiger charge is 2.26. The molecule has 3 aromatic rings. The SMILES string of the molecule is CCOC(=O)c1ccc(NC(=O)Cn2c(C)cc(C)c(S(=O)(=O)c3ccc(CC(C)C)cc3)c2=O)cc1. The standard InChI is InChI=1S/C28H32N2O6S/c1-6-36-28(33)22-9-11-23(12-10-22)29-25(31)17-30-20(5)16-19(4)26(27(30)32)37(34,35)24-13-7-21(8-14-24)15-18(2)3/h7-14,16,18H,6,15,17H2,1-5H3,(H,29,31). The molecule has 2 aromatic carbocycles. The second kappa shape index (κ2) is 11.6. The Balaban J connectivity index is 1.86. The number of nitrogens with one attached hydrogen (secondary N) is 1. The molecular formula is C28H32N2O6S. The third kappa shape index (κ3) is 6.54. The Bertz CT molecular complexity index is 1450. The second-order valence-corrected chi connectivity index (χ2v) is 11.2. The van der Waals surface area contributed by atoms with Crippen LogP contribution >= 0.6 is 0 Å². The van der Waals surface area contributed by atoms with Crippen LogP contribution in [0.2, 0.25) is 0 Å². The molecular weight excluding hydrogens is 492 g/mol. The number of aryl methyl sites for hydroxylation is 2. The highest BCUT2D eigenvalue weighted by atomic mass is 32.2. The summed E-state index contributed by atoms with van der Waals surface area (Å²) in [5.74, 6) is -0.555. The van der Waals surface area contributed by atoms with E-state index in [-0.39, 0.29) is 22.9 Å². The van der Waals surface area contributed by atoms with E-state index in [1.807, 2.05) is 0 Å². The Kier molecular flexibility index (Phi) is 8.70. The molecule has 0 fully saturated rings. The summed E-state index contributed by atoms with van der Waals surface area (Å²) in [4.78, 5) is 37.6. The number of carbonyl (C=O) groups excluding carboxylic acids is 2. The fourth-order valence-electron chi connectivity index (χ4n) is 4.07. The summed E-state index contributed by atoms with van der Waals surface area (Å²) in [6.45, 7) is 8.97. The van der Waals surface area contributed by atoms with Crippen molar-refractivity contribution in [2.24, 2.45) is 5.92 Å². The molecule has 1 amide bonds. The van der Waals surface area contributed by atoms with Crippen molar-refractivity contribution in [1.29, 1.82) is 0 Å². The Morgan fingerprint density at radius 2 is 1.62 bits per heavy atom. The van der Waals surface area contributed by atoms with Crippen molar-refractivity contribution in [3.8, 4) is 0 Å². The first-order valence-electron chi connectivity index (χ1n) is 12.1. The lowest BCUT2D eigenvalue weighted by Gasteiger charge is -2.15. The molecule has 0 aliphatic carbocycles. The maximum atomic E-state index is 13.4. The predicted octanol–water partition coefficient (Wildman–Crippen LogP) is 4.31. The van der Waals surface area contributed by atoms with E-state index >= 15 is 0 Å². The summed E-state index contributed by atoms with van der Waals surface area (Å²) >= 11 is 0. The number of aromatic nitrogens is 1. The van der Waals surface area contributed by atoms with Gasteiger partial charge in [-0.05, 0) is 86.7 Å². The van der Waals surface area contributed by atoms with Gasteiger partial charge in [0.1, 0.15) is 11.4 Å². The van der Waals surface area contributed by atoms with Crippen molar-refractivity contribution in [2.45, 2.75) is 57.4 Å². The Morgan fingerprint density at radius 1 is 1.00 bits per heavy atom. The van der Waals surface area contributed by atoms with E-state index in [4.69, 9.17) is 4.74 Å². The van der Waals surface area contributed by atoms with Crippen molar-refractivity contribution in [3.05, 3.63) is 87.3 Å². The van der Waals surface area contributed by atoms with Crippen LogP contribution in [0.4, 0.5) is 5.69 Å². The molecule has 3 rings (SSSR count). The number of rotatable bonds is 9. The second-order valence-electron chi connectivity index (χ2n) is 9.28. The van der Waals surface area contributed by atoms with Gasteiger partial charge in [-0.15, -0.1) is 0 Å². The number of hydrogen-bond acceptors (Lipinski definition) is 6. The van der Waals surface area contributed by atoms with Crippen molar-refractivity contribution >= 4 is 27.4 Å². The fourth-order valence-corrected chi connectivity index (χ4v) is 5.63. The molecule has 0 aliphatic rings. The van der Waals surface area contributed by atoms with Crippen LogP contribution in [0.15, 0.2) is 69.2 Å². The first-order valence-corrected chi connectivity index (χ1v) is 13.5. The van der Waals surface area contributed by atoms with E-state index in [0.717, 1.165) is 16.6 Å². The zero-order chi connectivity index (χ0) is 27.3. The molecule has 9 heteroatoms. The van der Waals surface area contributed by atoms with Gasteiger partial charge >= 0.3 is 5.97 Å². The van der Waals surface area contributed by atoms with E-state index < -0.39 is 27.3 Å². The van der Waals surface area contributed by atoms with Gasteiger partial charge in [-0.3, -0.25) is 9.59 Å². The number of carbonyl (C=O) groups is 2. The Hall–Kier alpha value is -3.72. The van der Waals surface area contributed by atoms with Gasteiger partial charge in [0, 0.05) is 11.4 Å². The molecule has 1 heterocycles. The van der Waals surface area contributed by atoms with Crippen LogP contribution in [0.1, 0.15) is 48.0 Å². The summed E-state index contributed by atoms with van der Waals surface area (Å²) in [7, 11) is -4.11. The molecule has 1 N–H and O–H groups in total. The molecule has 196 valence electrons. The molecule has 0 aliphatic heterocycles. The first-order chi connectivity index (χ1) is 17.4. The van der Waals surface area contributed by atoms with E-state index in [1.54, 1.807) is 51.1 Å². The lowest BCUT2D eigenvalue weighted by Crippen LogP contribution is -2.33. The normalized spacial score (nSPS) is 11.4. The first kappa shape index (κ1) is 27.9. The molecule has 0 radical (unpaired) electrons. The lowest BCUT2D eigenvalue weighted by molar-refractivity contribution is -0.116. The molecule has 37 heavy (non-hydrogen) atoms. The number of nitrogens with zero attached hydrogens (tertiary/aromatic N) is 1. The maximum absolute atomic E-state index is 13.4. The average molecular weight is 525 g/mol. The van der Waals surface area contributed by atoms with Gasteiger partial charge in [-0.1, -0.05) is 26.0 Å². The monoisotopic (exact) mass is 524 g/mol. The molecule has 0 atom stereocenters. The van der Waals surface area contributed by atoms with Gasteiger partial charge in [0.15, 0.2) is 0 Å². The zero-order valence-corrected chi connectivity index (χ0v) is 22.5. The number of amides is 1. The number of anilines is 1. The predicted molar refractivity (Wildman–Crippen MR) is 142 cm³/mol. The molecule has 8 nitrogen and oxygen atoms in total. The summed E-state index contributed by atoms with van der Waals surface area (Å²) in [6, 6.07) is 14.3. The van der Waals surface area contributed by atoms with Crippen LogP contribution in [-0.2, 0) is 32.3 Å². The minimum atomic E-state index is -4.11. The third-order valence-electron chi connectivity index (χ3n) is 5.78. The molecule has 1 aromatic heterocycles. The largest absolute Gasteiger partial charge is 0.462 e. The molecule has 0 saturated carbocycles. The summed E-state index contributed by atoms with van der Waals surface area (Å²) in [5.41, 5.74) is 1.81. The van der Waals surface area contributed by atoms with Gasteiger partial charge in [-0.25, -0.2) is 13.2 Å². The summed E-state index contributed by atoms with van der Waals surface area (Å²) in [5, 5.41) is 2.67. The minimum Gasteiger partial charge on any atom is -0.462 e. The van der Waals surface area contributed by atoms with E-state index in [2.05, 4.69) is 19.2 Å². The van der Waals surface area contributed by atoms with Crippen molar-refractivity contribution < 1.29 is 22.7 Å². The quantitative estimate of drug-likeness (QED) is 0.418.